The zero-order valence-corrected chi connectivity index (χ0v) is 17.5. The molecule has 0 spiro atoms. The number of nitrogens with zero attached hydrogens (tertiary/aromatic N) is 3. The van der Waals surface area contributed by atoms with E-state index in [1.165, 1.54) is 6.08 Å². The fraction of sp³-hybridized carbons (Fsp3) is 0.667. The number of rotatable bonds is 7. The van der Waals surface area contributed by atoms with E-state index in [4.69, 9.17) is 11.6 Å². The molecule has 1 amide bonds. The molecule has 1 unspecified atom stereocenters. The predicted octanol–water partition coefficient (Wildman–Crippen LogP) is 2.94. The minimum atomic E-state index is -3.03. The summed E-state index contributed by atoms with van der Waals surface area (Å²) in [5, 5.41) is 4.95. The highest BCUT2D eigenvalue weighted by Gasteiger charge is 2.33. The third-order valence-electron chi connectivity index (χ3n) is 4.44. The Kier molecular flexibility index (Phi) is 6.91. The number of halogens is 1. The average molecular weight is 402 g/mol. The average Bonchev–Trinajstić information content (AvgIpc) is 3.02. The lowest BCUT2D eigenvalue weighted by Gasteiger charge is -2.26. The molecule has 0 N–H and O–H groups in total. The van der Waals surface area contributed by atoms with Gasteiger partial charge in [-0.2, -0.15) is 5.10 Å². The highest BCUT2D eigenvalue weighted by Crippen LogP contribution is 2.23. The first kappa shape index (κ1) is 21.0. The first-order valence-corrected chi connectivity index (χ1v) is 11.3. The van der Waals surface area contributed by atoms with Gasteiger partial charge in [0, 0.05) is 30.8 Å². The van der Waals surface area contributed by atoms with Crippen LogP contribution in [0.25, 0.3) is 6.08 Å². The van der Waals surface area contributed by atoms with Crippen LogP contribution in [0.4, 0.5) is 0 Å². The number of carbonyl (C=O) groups is 1. The van der Waals surface area contributed by atoms with E-state index in [0.717, 1.165) is 17.7 Å². The summed E-state index contributed by atoms with van der Waals surface area (Å²) in [6.07, 6.45) is 4.46. The molecule has 2 heterocycles. The van der Waals surface area contributed by atoms with Crippen LogP contribution in [0.15, 0.2) is 6.08 Å². The van der Waals surface area contributed by atoms with Gasteiger partial charge in [-0.05, 0) is 31.8 Å². The van der Waals surface area contributed by atoms with Gasteiger partial charge in [0.2, 0.25) is 5.91 Å². The molecule has 2 rings (SSSR count). The van der Waals surface area contributed by atoms with Crippen molar-refractivity contribution < 1.29 is 13.2 Å². The van der Waals surface area contributed by atoms with E-state index in [9.17, 15) is 13.2 Å². The van der Waals surface area contributed by atoms with Crippen LogP contribution in [0.2, 0.25) is 5.15 Å². The molecule has 0 saturated carbocycles. The van der Waals surface area contributed by atoms with E-state index < -0.39 is 9.84 Å². The van der Waals surface area contributed by atoms with Gasteiger partial charge in [-0.25, -0.2) is 8.42 Å². The van der Waals surface area contributed by atoms with Gasteiger partial charge in [-0.1, -0.05) is 32.4 Å². The summed E-state index contributed by atoms with van der Waals surface area (Å²) in [6, 6.07) is -0.239. The molecule has 26 heavy (non-hydrogen) atoms. The van der Waals surface area contributed by atoms with Crippen LogP contribution in [0.3, 0.4) is 0 Å². The van der Waals surface area contributed by atoms with Crippen LogP contribution < -0.4 is 0 Å². The van der Waals surface area contributed by atoms with Crippen molar-refractivity contribution in [1.29, 1.82) is 0 Å². The van der Waals surface area contributed by atoms with Crippen molar-refractivity contribution in [2.75, 3.05) is 18.1 Å². The summed E-state index contributed by atoms with van der Waals surface area (Å²) < 4.78 is 25.2. The molecular weight excluding hydrogens is 374 g/mol. The Bertz CT molecular complexity index is 784. The van der Waals surface area contributed by atoms with E-state index in [-0.39, 0.29) is 23.5 Å². The monoisotopic (exact) mass is 401 g/mol. The van der Waals surface area contributed by atoms with E-state index >= 15 is 0 Å². The lowest BCUT2D eigenvalue weighted by molar-refractivity contribution is -0.127. The molecule has 1 saturated heterocycles. The van der Waals surface area contributed by atoms with Gasteiger partial charge in [0.15, 0.2) is 9.84 Å². The maximum Gasteiger partial charge on any atom is 0.246 e. The second-order valence-corrected chi connectivity index (χ2v) is 9.87. The molecule has 1 aromatic heterocycles. The SMILES string of the molecule is CCCN(C(=O)/C=C/c1c(C)nn(CC(C)C)c1Cl)C1CCS(=O)(=O)C1. The zero-order valence-electron chi connectivity index (χ0n) is 15.9. The molecule has 146 valence electrons. The minimum absolute atomic E-state index is 0.0543. The van der Waals surface area contributed by atoms with Crippen LogP contribution in [-0.2, 0) is 21.2 Å². The number of hydrogen-bond acceptors (Lipinski definition) is 4. The Balaban J connectivity index is 2.17. The quantitative estimate of drug-likeness (QED) is 0.658. The van der Waals surface area contributed by atoms with Gasteiger partial charge < -0.3 is 4.90 Å². The van der Waals surface area contributed by atoms with Gasteiger partial charge in [0.05, 0.1) is 17.2 Å². The Labute approximate surface area is 161 Å². The molecule has 1 aromatic rings. The molecule has 1 atom stereocenters. The van der Waals surface area contributed by atoms with Gasteiger partial charge in [-0.15, -0.1) is 0 Å². The fourth-order valence-electron chi connectivity index (χ4n) is 3.21. The van der Waals surface area contributed by atoms with Gasteiger partial charge in [0.1, 0.15) is 5.15 Å². The molecule has 1 aliphatic rings. The minimum Gasteiger partial charge on any atom is -0.335 e. The third-order valence-corrected chi connectivity index (χ3v) is 6.59. The molecule has 0 bridgehead atoms. The third kappa shape index (κ3) is 5.10. The number of amides is 1. The van der Waals surface area contributed by atoms with Crippen molar-refractivity contribution in [3.8, 4) is 0 Å². The molecule has 6 nitrogen and oxygen atoms in total. The normalized spacial score (nSPS) is 19.5. The summed E-state index contributed by atoms with van der Waals surface area (Å²) >= 11 is 6.41. The number of sulfone groups is 1. The van der Waals surface area contributed by atoms with Crippen LogP contribution in [0.1, 0.15) is 44.9 Å². The zero-order chi connectivity index (χ0) is 19.5. The first-order chi connectivity index (χ1) is 12.1. The Morgan fingerprint density at radius 2 is 2.15 bits per heavy atom. The fourth-order valence-corrected chi connectivity index (χ4v) is 5.25. The van der Waals surface area contributed by atoms with Gasteiger partial charge >= 0.3 is 0 Å². The highest BCUT2D eigenvalue weighted by molar-refractivity contribution is 7.91. The smallest absolute Gasteiger partial charge is 0.246 e. The van der Waals surface area contributed by atoms with Crippen LogP contribution in [-0.4, -0.2) is 53.1 Å². The van der Waals surface area contributed by atoms with Crippen LogP contribution in [0.5, 0.6) is 0 Å². The lowest BCUT2D eigenvalue weighted by atomic mass is 10.2. The summed E-state index contributed by atoms with van der Waals surface area (Å²) in [4.78, 5) is 14.4. The molecule has 8 heteroatoms. The first-order valence-electron chi connectivity index (χ1n) is 9.06. The van der Waals surface area contributed by atoms with Crippen molar-refractivity contribution in [2.24, 2.45) is 5.92 Å². The van der Waals surface area contributed by atoms with Crippen LogP contribution in [0, 0.1) is 12.8 Å². The standard InChI is InChI=1S/C18H28ClN3O3S/c1-5-9-21(15-8-10-26(24,25)12-15)17(23)7-6-16-14(4)20-22(18(16)19)11-13(2)3/h6-7,13,15H,5,8-12H2,1-4H3/b7-6+. The van der Waals surface area contributed by atoms with Crippen LogP contribution >= 0.6 is 11.6 Å². The molecular formula is C18H28ClN3O3S. The van der Waals surface area contributed by atoms with Crippen molar-refractivity contribution in [2.45, 2.75) is 53.1 Å². The van der Waals surface area contributed by atoms with Gasteiger partial charge in [-0.3, -0.25) is 9.48 Å². The number of aryl methyl sites for hydroxylation is 1. The molecule has 1 aliphatic heterocycles. The lowest BCUT2D eigenvalue weighted by Crippen LogP contribution is -2.40. The molecule has 0 radical (unpaired) electrons. The largest absolute Gasteiger partial charge is 0.335 e. The summed E-state index contributed by atoms with van der Waals surface area (Å²) in [5.41, 5.74) is 1.50. The van der Waals surface area contributed by atoms with Crippen molar-refractivity contribution in [1.82, 2.24) is 14.7 Å². The highest BCUT2D eigenvalue weighted by atomic mass is 35.5. The second kappa shape index (κ2) is 8.57. The summed E-state index contributed by atoms with van der Waals surface area (Å²) in [5.74, 6) is 0.441. The molecule has 0 aliphatic carbocycles. The van der Waals surface area contributed by atoms with Crippen molar-refractivity contribution in [3.63, 3.8) is 0 Å². The Hall–Kier alpha value is -1.34. The predicted molar refractivity (Wildman–Crippen MR) is 105 cm³/mol. The Morgan fingerprint density at radius 3 is 2.69 bits per heavy atom. The number of aromatic nitrogens is 2. The van der Waals surface area contributed by atoms with Crippen molar-refractivity contribution >= 4 is 33.4 Å². The topological polar surface area (TPSA) is 72.3 Å². The van der Waals surface area contributed by atoms with E-state index in [0.29, 0.717) is 30.6 Å². The summed E-state index contributed by atoms with van der Waals surface area (Å²) in [6.45, 7) is 9.27. The number of carbonyl (C=O) groups excluding carboxylic acids is 1. The van der Waals surface area contributed by atoms with Crippen molar-refractivity contribution in [3.05, 3.63) is 22.5 Å². The van der Waals surface area contributed by atoms with Gasteiger partial charge in [0.25, 0.3) is 0 Å². The second-order valence-electron chi connectivity index (χ2n) is 7.29. The number of hydrogen-bond donors (Lipinski definition) is 0. The van der Waals surface area contributed by atoms with E-state index in [2.05, 4.69) is 18.9 Å². The molecule has 0 aromatic carbocycles. The maximum absolute atomic E-state index is 12.7. The van der Waals surface area contributed by atoms with E-state index in [1.807, 2.05) is 13.8 Å². The summed E-state index contributed by atoms with van der Waals surface area (Å²) in [7, 11) is -3.03. The molecule has 1 fully saturated rings. The maximum atomic E-state index is 12.7. The Morgan fingerprint density at radius 1 is 1.46 bits per heavy atom. The van der Waals surface area contributed by atoms with E-state index in [1.54, 1.807) is 15.7 Å².